The summed E-state index contributed by atoms with van der Waals surface area (Å²) in [5.41, 5.74) is 1.17. The first kappa shape index (κ1) is 18.2. The van der Waals surface area contributed by atoms with E-state index in [0.29, 0.717) is 23.1 Å². The summed E-state index contributed by atoms with van der Waals surface area (Å²) < 4.78 is 2.38. The normalized spacial score (nSPS) is 21.6. The van der Waals surface area contributed by atoms with Crippen molar-refractivity contribution in [1.29, 1.82) is 0 Å². The van der Waals surface area contributed by atoms with Crippen molar-refractivity contribution < 1.29 is 4.79 Å². The number of fused-ring (bicyclic) bond motifs is 1. The first-order valence-electron chi connectivity index (χ1n) is 9.09. The molecule has 4 heterocycles. The molecular weight excluding hydrogens is 410 g/mol. The van der Waals surface area contributed by atoms with Gasteiger partial charge >= 0.3 is 0 Å². The number of nitrogens with zero attached hydrogens (tertiary/aromatic N) is 5. The van der Waals surface area contributed by atoms with Crippen LogP contribution in [0.2, 0.25) is 0 Å². The fourth-order valence-corrected chi connectivity index (χ4v) is 4.21. The van der Waals surface area contributed by atoms with Gasteiger partial charge in [-0.25, -0.2) is 9.97 Å². The van der Waals surface area contributed by atoms with Gasteiger partial charge < -0.3 is 9.80 Å². The Labute approximate surface area is 166 Å². The van der Waals surface area contributed by atoms with Gasteiger partial charge in [-0.2, -0.15) is 0 Å². The Morgan fingerprint density at radius 2 is 1.85 bits per heavy atom. The lowest BCUT2D eigenvalue weighted by atomic mass is 10.0. The molecule has 2 fully saturated rings. The summed E-state index contributed by atoms with van der Waals surface area (Å²) >= 11 is 3.41. The third-order valence-electron chi connectivity index (χ3n) is 5.70. The first-order chi connectivity index (χ1) is 12.9. The molecule has 0 aliphatic carbocycles. The molecule has 2 unspecified atom stereocenters. The lowest BCUT2D eigenvalue weighted by molar-refractivity contribution is -0.131. The number of likely N-dealkylation sites (tertiary alicyclic amines) is 1. The molecule has 2 aromatic heterocycles. The molecule has 142 valence electrons. The van der Waals surface area contributed by atoms with Crippen molar-refractivity contribution in [1.82, 2.24) is 19.4 Å². The summed E-state index contributed by atoms with van der Waals surface area (Å²) in [6, 6.07) is 4.02. The zero-order valence-corrected chi connectivity index (χ0v) is 17.0. The SMILES string of the molecule is Cc1ncn(CC(=O)N2CC3CN(c4ccc(Br)cn4)CC3C2)c(=O)c1C. The lowest BCUT2D eigenvalue weighted by Gasteiger charge is -2.22. The maximum atomic E-state index is 12.7. The van der Waals surface area contributed by atoms with Gasteiger partial charge in [0.25, 0.3) is 5.56 Å². The Kier molecular flexibility index (Phi) is 4.75. The van der Waals surface area contributed by atoms with Crippen LogP contribution < -0.4 is 10.5 Å². The van der Waals surface area contributed by atoms with Crippen LogP contribution in [-0.2, 0) is 11.3 Å². The fraction of sp³-hybridized carbons (Fsp3) is 0.474. The number of carbonyl (C=O) groups excluding carboxylic acids is 1. The molecule has 2 aromatic rings. The number of pyridine rings is 1. The smallest absolute Gasteiger partial charge is 0.256 e. The molecule has 8 heteroatoms. The maximum Gasteiger partial charge on any atom is 0.256 e. The Bertz CT molecular complexity index is 913. The number of aryl methyl sites for hydroxylation is 1. The molecule has 2 aliphatic heterocycles. The summed E-state index contributed by atoms with van der Waals surface area (Å²) in [5, 5.41) is 0. The maximum absolute atomic E-state index is 12.7. The molecule has 1 amide bonds. The second kappa shape index (κ2) is 7.07. The van der Waals surface area contributed by atoms with Gasteiger partial charge in [0.2, 0.25) is 5.91 Å². The molecule has 0 saturated carbocycles. The van der Waals surface area contributed by atoms with E-state index in [0.717, 1.165) is 36.5 Å². The number of anilines is 1. The van der Waals surface area contributed by atoms with Crippen LogP contribution in [0, 0.1) is 25.7 Å². The largest absolute Gasteiger partial charge is 0.356 e. The van der Waals surface area contributed by atoms with Gasteiger partial charge in [0.1, 0.15) is 12.4 Å². The lowest BCUT2D eigenvalue weighted by Crippen LogP contribution is -2.38. The van der Waals surface area contributed by atoms with E-state index in [2.05, 4.69) is 30.8 Å². The highest BCUT2D eigenvalue weighted by molar-refractivity contribution is 9.10. The van der Waals surface area contributed by atoms with Crippen LogP contribution in [0.3, 0.4) is 0 Å². The molecule has 27 heavy (non-hydrogen) atoms. The van der Waals surface area contributed by atoms with Crippen LogP contribution in [0.5, 0.6) is 0 Å². The third-order valence-corrected chi connectivity index (χ3v) is 6.16. The zero-order chi connectivity index (χ0) is 19.1. The summed E-state index contributed by atoms with van der Waals surface area (Å²) in [6.45, 7) is 6.91. The van der Waals surface area contributed by atoms with E-state index in [1.54, 1.807) is 13.8 Å². The van der Waals surface area contributed by atoms with Gasteiger partial charge in [-0.1, -0.05) is 0 Å². The zero-order valence-electron chi connectivity index (χ0n) is 15.4. The topological polar surface area (TPSA) is 71.3 Å². The summed E-state index contributed by atoms with van der Waals surface area (Å²) in [6.07, 6.45) is 3.29. The number of rotatable bonds is 3. The summed E-state index contributed by atoms with van der Waals surface area (Å²) in [5.74, 6) is 1.88. The highest BCUT2D eigenvalue weighted by Gasteiger charge is 2.41. The molecule has 0 radical (unpaired) electrons. The van der Waals surface area contributed by atoms with Crippen LogP contribution in [0.4, 0.5) is 5.82 Å². The van der Waals surface area contributed by atoms with Crippen LogP contribution in [-0.4, -0.2) is 51.5 Å². The first-order valence-corrected chi connectivity index (χ1v) is 9.88. The Balaban J connectivity index is 1.39. The number of halogens is 1. The third kappa shape index (κ3) is 3.50. The van der Waals surface area contributed by atoms with E-state index >= 15 is 0 Å². The van der Waals surface area contributed by atoms with Crippen molar-refractivity contribution in [2.24, 2.45) is 11.8 Å². The Hall–Kier alpha value is -2.22. The van der Waals surface area contributed by atoms with Crippen LogP contribution in [0.1, 0.15) is 11.3 Å². The van der Waals surface area contributed by atoms with Gasteiger partial charge in [-0.3, -0.25) is 14.2 Å². The second-order valence-electron chi connectivity index (χ2n) is 7.45. The Morgan fingerprint density at radius 1 is 1.15 bits per heavy atom. The number of carbonyl (C=O) groups is 1. The van der Waals surface area contributed by atoms with Crippen molar-refractivity contribution >= 4 is 27.7 Å². The van der Waals surface area contributed by atoms with E-state index in [1.165, 1.54) is 10.9 Å². The van der Waals surface area contributed by atoms with E-state index in [1.807, 2.05) is 23.2 Å². The number of amides is 1. The van der Waals surface area contributed by atoms with Crippen molar-refractivity contribution in [3.05, 3.63) is 50.7 Å². The van der Waals surface area contributed by atoms with Gasteiger partial charge in [-0.15, -0.1) is 0 Å². The number of aromatic nitrogens is 3. The molecular formula is C19H22BrN5O2. The van der Waals surface area contributed by atoms with E-state index < -0.39 is 0 Å². The van der Waals surface area contributed by atoms with Crippen molar-refractivity contribution in [2.45, 2.75) is 20.4 Å². The molecule has 0 bridgehead atoms. The highest BCUT2D eigenvalue weighted by atomic mass is 79.9. The fourth-order valence-electron chi connectivity index (χ4n) is 3.97. The Morgan fingerprint density at radius 3 is 2.48 bits per heavy atom. The number of hydrogen-bond donors (Lipinski definition) is 0. The number of hydrogen-bond acceptors (Lipinski definition) is 5. The van der Waals surface area contributed by atoms with Gasteiger partial charge in [0.05, 0.1) is 6.33 Å². The van der Waals surface area contributed by atoms with E-state index in [9.17, 15) is 9.59 Å². The van der Waals surface area contributed by atoms with Gasteiger partial charge in [0, 0.05) is 59.9 Å². The quantitative estimate of drug-likeness (QED) is 0.737. The van der Waals surface area contributed by atoms with Crippen molar-refractivity contribution in [3.8, 4) is 0 Å². The standard InChI is InChI=1S/C19H22BrN5O2/c1-12-13(2)22-11-25(19(12)27)10-18(26)24-8-14-6-23(7-15(14)9-24)17-4-3-16(20)5-21-17/h3-5,11,14-15H,6-10H2,1-2H3. The minimum absolute atomic E-state index is 0.00938. The van der Waals surface area contributed by atoms with Gasteiger partial charge in [-0.05, 0) is 41.9 Å². The molecule has 2 aliphatic rings. The van der Waals surface area contributed by atoms with Crippen LogP contribution >= 0.6 is 15.9 Å². The minimum atomic E-state index is -0.136. The molecule has 0 aromatic carbocycles. The second-order valence-corrected chi connectivity index (χ2v) is 8.36. The summed E-state index contributed by atoms with van der Waals surface area (Å²) in [4.78, 5) is 37.8. The average Bonchev–Trinajstić information content (AvgIpc) is 3.22. The minimum Gasteiger partial charge on any atom is -0.356 e. The average molecular weight is 432 g/mol. The summed E-state index contributed by atoms with van der Waals surface area (Å²) in [7, 11) is 0. The van der Waals surface area contributed by atoms with Crippen LogP contribution in [0.15, 0.2) is 33.9 Å². The van der Waals surface area contributed by atoms with E-state index in [4.69, 9.17) is 0 Å². The molecule has 0 N–H and O–H groups in total. The van der Waals surface area contributed by atoms with E-state index in [-0.39, 0.29) is 18.0 Å². The predicted molar refractivity (Wildman–Crippen MR) is 106 cm³/mol. The van der Waals surface area contributed by atoms with Crippen LogP contribution in [0.25, 0.3) is 0 Å². The molecule has 0 spiro atoms. The molecule has 4 rings (SSSR count). The molecule has 7 nitrogen and oxygen atoms in total. The van der Waals surface area contributed by atoms with Crippen molar-refractivity contribution in [2.75, 3.05) is 31.1 Å². The van der Waals surface area contributed by atoms with Crippen molar-refractivity contribution in [3.63, 3.8) is 0 Å². The predicted octanol–water partition coefficient (Wildman–Crippen LogP) is 1.61. The molecule has 2 saturated heterocycles. The van der Waals surface area contributed by atoms with Gasteiger partial charge in [0.15, 0.2) is 0 Å². The molecule has 2 atom stereocenters. The monoisotopic (exact) mass is 431 g/mol. The highest BCUT2D eigenvalue weighted by Crippen LogP contribution is 2.33.